The molecule has 0 amide bonds. The molecule has 2 heterocycles. The van der Waals surface area contributed by atoms with Gasteiger partial charge in [0.1, 0.15) is 0 Å². The number of aromatic amines is 1. The van der Waals surface area contributed by atoms with Crippen molar-refractivity contribution in [3.8, 4) is 0 Å². The first-order valence-corrected chi connectivity index (χ1v) is 4.66. The van der Waals surface area contributed by atoms with Crippen LogP contribution in [0.4, 0.5) is 0 Å². The molecule has 0 spiro atoms. The Labute approximate surface area is 87.6 Å². The van der Waals surface area contributed by atoms with Gasteiger partial charge >= 0.3 is 0 Å². The van der Waals surface area contributed by atoms with E-state index in [1.165, 1.54) is 0 Å². The lowest BCUT2D eigenvalue weighted by Gasteiger charge is -1.81. The van der Waals surface area contributed by atoms with Crippen molar-refractivity contribution >= 4 is 10.9 Å². The lowest BCUT2D eigenvalue weighted by molar-refractivity contribution is 0.913. The van der Waals surface area contributed by atoms with E-state index in [2.05, 4.69) is 15.2 Å². The van der Waals surface area contributed by atoms with Crippen LogP contribution >= 0.6 is 0 Å². The summed E-state index contributed by atoms with van der Waals surface area (Å²) in [6.45, 7) is 0. The van der Waals surface area contributed by atoms with Crippen molar-refractivity contribution in [1.29, 1.82) is 0 Å². The molecule has 4 heteroatoms. The summed E-state index contributed by atoms with van der Waals surface area (Å²) in [5.74, 6) is 0. The summed E-state index contributed by atoms with van der Waals surface area (Å²) < 4.78 is 1.89. The van der Waals surface area contributed by atoms with E-state index in [-0.39, 0.29) is 0 Å². The van der Waals surface area contributed by atoms with E-state index in [1.807, 2.05) is 48.3 Å². The van der Waals surface area contributed by atoms with Crippen LogP contribution in [0.15, 0.2) is 49.2 Å². The number of rotatable bonds is 0. The van der Waals surface area contributed by atoms with E-state index >= 15 is 0 Å². The maximum absolute atomic E-state index is 3.88. The van der Waals surface area contributed by atoms with Crippen molar-refractivity contribution in [3.05, 3.63) is 49.2 Å². The van der Waals surface area contributed by atoms with Gasteiger partial charge in [-0.15, -0.1) is 0 Å². The van der Waals surface area contributed by atoms with E-state index in [9.17, 15) is 0 Å². The summed E-state index contributed by atoms with van der Waals surface area (Å²) in [4.78, 5) is 3.78. The molecule has 0 fully saturated rings. The number of benzene rings is 1. The summed E-state index contributed by atoms with van der Waals surface area (Å²) in [5.41, 5.74) is 1.09. The molecule has 76 valence electrons. The van der Waals surface area contributed by atoms with Gasteiger partial charge in [-0.3, -0.25) is 5.10 Å². The second kappa shape index (κ2) is 4.41. The van der Waals surface area contributed by atoms with E-state index in [4.69, 9.17) is 0 Å². The third kappa shape index (κ3) is 2.43. The predicted octanol–water partition coefficient (Wildman–Crippen LogP) is 1.98. The molecule has 4 nitrogen and oxygen atoms in total. The quantitative estimate of drug-likeness (QED) is 0.603. The molecule has 2 aromatic heterocycles. The van der Waals surface area contributed by atoms with Crippen LogP contribution in [0.1, 0.15) is 0 Å². The lowest BCUT2D eigenvalue weighted by Crippen LogP contribution is -1.76. The van der Waals surface area contributed by atoms with Gasteiger partial charge in [-0.05, 0) is 6.07 Å². The van der Waals surface area contributed by atoms with Crippen LogP contribution in [0.25, 0.3) is 10.9 Å². The molecule has 3 aromatic rings. The van der Waals surface area contributed by atoms with Crippen LogP contribution in [0, 0.1) is 0 Å². The van der Waals surface area contributed by atoms with Crippen molar-refractivity contribution in [3.63, 3.8) is 0 Å². The van der Waals surface area contributed by atoms with Crippen LogP contribution in [-0.4, -0.2) is 19.7 Å². The third-order valence-corrected chi connectivity index (χ3v) is 1.99. The van der Waals surface area contributed by atoms with Crippen molar-refractivity contribution < 1.29 is 0 Å². The Bertz CT molecular complexity index is 480. The maximum Gasteiger partial charge on any atom is 0.0943 e. The number of imidazole rings is 1. The minimum absolute atomic E-state index is 1.09. The first-order valence-electron chi connectivity index (χ1n) is 4.66. The Morgan fingerprint density at radius 2 is 2.13 bits per heavy atom. The Balaban J connectivity index is 0.000000124. The topological polar surface area (TPSA) is 46.5 Å². The molecule has 0 saturated heterocycles. The molecule has 0 bridgehead atoms. The van der Waals surface area contributed by atoms with Crippen LogP contribution in [-0.2, 0) is 7.05 Å². The van der Waals surface area contributed by atoms with Crippen molar-refractivity contribution in [2.45, 2.75) is 0 Å². The molecule has 0 aliphatic heterocycles. The van der Waals surface area contributed by atoms with Gasteiger partial charge in [-0.1, -0.05) is 18.2 Å². The molecule has 15 heavy (non-hydrogen) atoms. The SMILES string of the molecule is Cn1ccnc1.c1ccc2[nH]ncc2c1. The number of hydrogen-bond acceptors (Lipinski definition) is 2. The smallest absolute Gasteiger partial charge is 0.0943 e. The van der Waals surface area contributed by atoms with Crippen LogP contribution in [0.2, 0.25) is 0 Å². The normalized spacial score (nSPS) is 9.67. The number of para-hydroxylation sites is 1. The van der Waals surface area contributed by atoms with Crippen molar-refractivity contribution in [2.75, 3.05) is 0 Å². The number of nitrogens with zero attached hydrogens (tertiary/aromatic N) is 3. The highest BCUT2D eigenvalue weighted by Gasteiger charge is 1.88. The number of H-pyrrole nitrogens is 1. The summed E-state index contributed by atoms with van der Waals surface area (Å²) in [5, 5.41) is 7.91. The second-order valence-corrected chi connectivity index (χ2v) is 3.19. The lowest BCUT2D eigenvalue weighted by atomic mass is 10.3. The molecule has 0 aliphatic carbocycles. The molecule has 0 atom stereocenters. The van der Waals surface area contributed by atoms with Gasteiger partial charge in [0.2, 0.25) is 0 Å². The number of nitrogens with one attached hydrogen (secondary N) is 1. The fourth-order valence-electron chi connectivity index (χ4n) is 1.21. The van der Waals surface area contributed by atoms with E-state index < -0.39 is 0 Å². The molecule has 0 unspecified atom stereocenters. The van der Waals surface area contributed by atoms with Gasteiger partial charge in [0.05, 0.1) is 18.0 Å². The zero-order chi connectivity index (χ0) is 10.5. The Hall–Kier alpha value is -2.10. The van der Waals surface area contributed by atoms with E-state index in [0.717, 1.165) is 10.9 Å². The first kappa shape index (κ1) is 9.45. The average molecular weight is 200 g/mol. The summed E-state index contributed by atoms with van der Waals surface area (Å²) in [7, 11) is 1.94. The molecule has 1 N–H and O–H groups in total. The number of aryl methyl sites for hydroxylation is 1. The standard InChI is InChI=1S/C7H6N2.C4H6N2/c1-2-4-7-6(3-1)5-8-9-7;1-6-3-2-5-4-6/h1-5H,(H,8,9);2-4H,1H3. The largest absolute Gasteiger partial charge is 0.341 e. The average Bonchev–Trinajstić information content (AvgIpc) is 2.88. The summed E-state index contributed by atoms with van der Waals surface area (Å²) in [6, 6.07) is 8.01. The predicted molar refractivity (Wildman–Crippen MR) is 59.3 cm³/mol. The summed E-state index contributed by atoms with van der Waals surface area (Å²) in [6.07, 6.45) is 7.20. The first-order chi connectivity index (χ1) is 7.36. The molecule has 0 aliphatic rings. The van der Waals surface area contributed by atoms with Crippen LogP contribution in [0.5, 0.6) is 0 Å². The van der Waals surface area contributed by atoms with Gasteiger partial charge in [-0.25, -0.2) is 4.98 Å². The highest BCUT2D eigenvalue weighted by Crippen LogP contribution is 2.06. The maximum atomic E-state index is 3.88. The Morgan fingerprint density at radius 3 is 2.73 bits per heavy atom. The zero-order valence-electron chi connectivity index (χ0n) is 8.46. The fraction of sp³-hybridized carbons (Fsp3) is 0.0909. The van der Waals surface area contributed by atoms with Gasteiger partial charge < -0.3 is 4.57 Å². The Morgan fingerprint density at radius 1 is 1.27 bits per heavy atom. The summed E-state index contributed by atoms with van der Waals surface area (Å²) >= 11 is 0. The van der Waals surface area contributed by atoms with Crippen molar-refractivity contribution in [1.82, 2.24) is 19.7 Å². The highest BCUT2D eigenvalue weighted by atomic mass is 15.1. The second-order valence-electron chi connectivity index (χ2n) is 3.19. The Kier molecular flexibility index (Phi) is 2.78. The number of aromatic nitrogens is 4. The monoisotopic (exact) mass is 200 g/mol. The van der Waals surface area contributed by atoms with Crippen LogP contribution < -0.4 is 0 Å². The number of hydrogen-bond donors (Lipinski definition) is 1. The number of fused-ring (bicyclic) bond motifs is 1. The molecule has 1 aromatic carbocycles. The van der Waals surface area contributed by atoms with Gasteiger partial charge in [0.15, 0.2) is 0 Å². The molecule has 0 saturated carbocycles. The van der Waals surface area contributed by atoms with E-state index in [1.54, 1.807) is 12.5 Å². The van der Waals surface area contributed by atoms with Gasteiger partial charge in [0, 0.05) is 24.8 Å². The zero-order valence-corrected chi connectivity index (χ0v) is 8.46. The molecular formula is C11H12N4. The molecular weight excluding hydrogens is 188 g/mol. The van der Waals surface area contributed by atoms with E-state index in [0.29, 0.717) is 0 Å². The van der Waals surface area contributed by atoms with Crippen molar-refractivity contribution in [2.24, 2.45) is 7.05 Å². The molecule has 3 rings (SSSR count). The minimum atomic E-state index is 1.09. The minimum Gasteiger partial charge on any atom is -0.341 e. The fourth-order valence-corrected chi connectivity index (χ4v) is 1.21. The van der Waals surface area contributed by atoms with Gasteiger partial charge in [0.25, 0.3) is 0 Å². The third-order valence-electron chi connectivity index (χ3n) is 1.99. The molecule has 0 radical (unpaired) electrons. The van der Waals surface area contributed by atoms with Crippen LogP contribution in [0.3, 0.4) is 0 Å². The van der Waals surface area contributed by atoms with Gasteiger partial charge in [-0.2, -0.15) is 5.10 Å². The highest BCUT2D eigenvalue weighted by molar-refractivity contribution is 5.77.